The molecule has 1 aliphatic rings. The van der Waals surface area contributed by atoms with Gasteiger partial charge < -0.3 is 4.90 Å². The standard InChI is InChI=1S/C14H21N3O4S/c18-17(19)13-7-1-2-8-14(13)22(20,21)15-9-3-4-10-16-11-5-6-12-16/h1-2,7-8,15H,3-6,9-12H2. The van der Waals surface area contributed by atoms with Crippen LogP contribution in [0.1, 0.15) is 25.7 Å². The van der Waals surface area contributed by atoms with E-state index in [1.165, 1.54) is 37.1 Å². The molecule has 0 aromatic heterocycles. The van der Waals surface area contributed by atoms with Crippen molar-refractivity contribution in [1.29, 1.82) is 0 Å². The minimum Gasteiger partial charge on any atom is -0.303 e. The number of benzene rings is 1. The molecule has 0 unspecified atom stereocenters. The van der Waals surface area contributed by atoms with Gasteiger partial charge in [-0.05, 0) is 51.4 Å². The van der Waals surface area contributed by atoms with Crippen LogP contribution in [0.3, 0.4) is 0 Å². The summed E-state index contributed by atoms with van der Waals surface area (Å²) in [5.74, 6) is 0. The molecule has 1 aromatic rings. The number of para-hydroxylation sites is 1. The van der Waals surface area contributed by atoms with Crippen LogP contribution in [0.15, 0.2) is 29.2 Å². The number of sulfonamides is 1. The van der Waals surface area contributed by atoms with Crippen LogP contribution < -0.4 is 4.72 Å². The SMILES string of the molecule is O=[N+]([O-])c1ccccc1S(=O)(=O)NCCCCN1CCCC1. The predicted octanol–water partition coefficient (Wildman–Crippen LogP) is 1.75. The molecule has 0 amide bonds. The Kier molecular flexibility index (Phi) is 5.87. The number of likely N-dealkylation sites (tertiary alicyclic amines) is 1. The van der Waals surface area contributed by atoms with Crippen LogP contribution in [0.25, 0.3) is 0 Å². The van der Waals surface area contributed by atoms with Crippen molar-refractivity contribution in [3.05, 3.63) is 34.4 Å². The van der Waals surface area contributed by atoms with Gasteiger partial charge in [0.25, 0.3) is 5.69 Å². The van der Waals surface area contributed by atoms with E-state index < -0.39 is 20.6 Å². The molecule has 0 spiro atoms. The molecule has 2 rings (SSSR count). The average Bonchev–Trinajstić information content (AvgIpc) is 3.00. The van der Waals surface area contributed by atoms with Crippen LogP contribution in [0, 0.1) is 10.1 Å². The first-order valence-corrected chi connectivity index (χ1v) is 8.94. The van der Waals surface area contributed by atoms with Gasteiger partial charge in [0.05, 0.1) is 4.92 Å². The van der Waals surface area contributed by atoms with Gasteiger partial charge in [-0.2, -0.15) is 0 Å². The van der Waals surface area contributed by atoms with Gasteiger partial charge in [0.2, 0.25) is 10.0 Å². The minimum absolute atomic E-state index is 0.278. The van der Waals surface area contributed by atoms with Crippen molar-refractivity contribution < 1.29 is 13.3 Å². The van der Waals surface area contributed by atoms with Crippen molar-refractivity contribution in [1.82, 2.24) is 9.62 Å². The lowest BCUT2D eigenvalue weighted by Crippen LogP contribution is -2.27. The number of hydrogen-bond acceptors (Lipinski definition) is 5. The van der Waals surface area contributed by atoms with Crippen molar-refractivity contribution in [2.75, 3.05) is 26.2 Å². The van der Waals surface area contributed by atoms with E-state index >= 15 is 0 Å². The first kappa shape index (κ1) is 16.9. The molecule has 1 aromatic carbocycles. The fourth-order valence-electron chi connectivity index (χ4n) is 2.59. The second kappa shape index (κ2) is 7.66. The van der Waals surface area contributed by atoms with Gasteiger partial charge >= 0.3 is 0 Å². The molecule has 0 bridgehead atoms. The molecule has 0 aliphatic carbocycles. The molecule has 1 N–H and O–H groups in total. The maximum atomic E-state index is 12.2. The number of nitro benzene ring substituents is 1. The molecule has 0 atom stereocenters. The van der Waals surface area contributed by atoms with Crippen molar-refractivity contribution in [2.24, 2.45) is 0 Å². The number of hydrogen-bond donors (Lipinski definition) is 1. The van der Waals surface area contributed by atoms with E-state index in [1.807, 2.05) is 0 Å². The molecule has 1 fully saturated rings. The quantitative estimate of drug-likeness (QED) is 0.446. The van der Waals surface area contributed by atoms with Crippen molar-refractivity contribution in [2.45, 2.75) is 30.6 Å². The van der Waals surface area contributed by atoms with Gasteiger partial charge in [0.15, 0.2) is 4.90 Å². The van der Waals surface area contributed by atoms with Crippen LogP contribution in [0.5, 0.6) is 0 Å². The Morgan fingerprint density at radius 1 is 1.18 bits per heavy atom. The van der Waals surface area contributed by atoms with Gasteiger partial charge in [0, 0.05) is 12.6 Å². The third kappa shape index (κ3) is 4.49. The molecular weight excluding hydrogens is 306 g/mol. The summed E-state index contributed by atoms with van der Waals surface area (Å²) in [7, 11) is -3.84. The highest BCUT2D eigenvalue weighted by Crippen LogP contribution is 2.22. The summed E-state index contributed by atoms with van der Waals surface area (Å²) in [4.78, 5) is 12.3. The van der Waals surface area contributed by atoms with Crippen LogP contribution >= 0.6 is 0 Å². The number of rotatable bonds is 8. The van der Waals surface area contributed by atoms with Gasteiger partial charge in [-0.15, -0.1) is 0 Å². The summed E-state index contributed by atoms with van der Waals surface area (Å²) in [6.07, 6.45) is 4.12. The smallest absolute Gasteiger partial charge is 0.289 e. The first-order chi connectivity index (χ1) is 10.5. The molecule has 1 heterocycles. The highest BCUT2D eigenvalue weighted by atomic mass is 32.2. The number of nitro groups is 1. The lowest BCUT2D eigenvalue weighted by atomic mass is 10.3. The number of nitrogens with one attached hydrogen (secondary N) is 1. The topological polar surface area (TPSA) is 92.5 Å². The monoisotopic (exact) mass is 327 g/mol. The molecule has 122 valence electrons. The zero-order valence-corrected chi connectivity index (χ0v) is 13.2. The molecule has 0 radical (unpaired) electrons. The van der Waals surface area contributed by atoms with Crippen molar-refractivity contribution in [3.8, 4) is 0 Å². The second-order valence-electron chi connectivity index (χ2n) is 5.38. The van der Waals surface area contributed by atoms with Gasteiger partial charge in [-0.25, -0.2) is 13.1 Å². The molecule has 1 aliphatic heterocycles. The molecule has 22 heavy (non-hydrogen) atoms. The Hall–Kier alpha value is -1.51. The van der Waals surface area contributed by atoms with Gasteiger partial charge in [-0.1, -0.05) is 12.1 Å². The molecule has 1 saturated heterocycles. The molecule has 8 heteroatoms. The Morgan fingerprint density at radius 2 is 1.86 bits per heavy atom. The van der Waals surface area contributed by atoms with Crippen LogP contribution in [0.2, 0.25) is 0 Å². The van der Waals surface area contributed by atoms with E-state index in [2.05, 4.69) is 9.62 Å². The molecule has 0 saturated carbocycles. The number of nitrogens with zero attached hydrogens (tertiary/aromatic N) is 2. The zero-order valence-electron chi connectivity index (χ0n) is 12.4. The third-order valence-corrected chi connectivity index (χ3v) is 5.25. The zero-order chi connectivity index (χ0) is 16.0. The van der Waals surface area contributed by atoms with E-state index in [4.69, 9.17) is 0 Å². The highest BCUT2D eigenvalue weighted by molar-refractivity contribution is 7.89. The van der Waals surface area contributed by atoms with E-state index in [9.17, 15) is 18.5 Å². The summed E-state index contributed by atoms with van der Waals surface area (Å²) in [6, 6.07) is 5.38. The fourth-order valence-corrected chi connectivity index (χ4v) is 3.83. The summed E-state index contributed by atoms with van der Waals surface area (Å²) in [5.41, 5.74) is -0.396. The number of unbranched alkanes of at least 4 members (excludes halogenated alkanes) is 1. The maximum Gasteiger partial charge on any atom is 0.289 e. The van der Waals surface area contributed by atoms with E-state index in [0.29, 0.717) is 6.54 Å². The fraction of sp³-hybridized carbons (Fsp3) is 0.571. The van der Waals surface area contributed by atoms with E-state index in [0.717, 1.165) is 32.5 Å². The largest absolute Gasteiger partial charge is 0.303 e. The second-order valence-corrected chi connectivity index (χ2v) is 7.11. The first-order valence-electron chi connectivity index (χ1n) is 7.46. The van der Waals surface area contributed by atoms with Gasteiger partial charge in [-0.3, -0.25) is 10.1 Å². The summed E-state index contributed by atoms with van der Waals surface area (Å²) in [5, 5.41) is 10.9. The summed E-state index contributed by atoms with van der Waals surface area (Å²) in [6.45, 7) is 3.53. The van der Waals surface area contributed by atoms with Crippen LogP contribution in [0.4, 0.5) is 5.69 Å². The Balaban J connectivity index is 1.84. The third-order valence-electron chi connectivity index (χ3n) is 3.74. The minimum atomic E-state index is -3.84. The molecule has 7 nitrogen and oxygen atoms in total. The normalized spacial score (nSPS) is 16.0. The Labute approximate surface area is 130 Å². The van der Waals surface area contributed by atoms with Crippen molar-refractivity contribution >= 4 is 15.7 Å². The average molecular weight is 327 g/mol. The highest BCUT2D eigenvalue weighted by Gasteiger charge is 2.24. The summed E-state index contributed by atoms with van der Waals surface area (Å²) >= 11 is 0. The lowest BCUT2D eigenvalue weighted by Gasteiger charge is -2.14. The van der Waals surface area contributed by atoms with Crippen LogP contribution in [-0.4, -0.2) is 44.4 Å². The summed E-state index contributed by atoms with van der Waals surface area (Å²) < 4.78 is 26.7. The molecular formula is C14H21N3O4S. The predicted molar refractivity (Wildman–Crippen MR) is 83.2 cm³/mol. The van der Waals surface area contributed by atoms with E-state index in [1.54, 1.807) is 0 Å². The van der Waals surface area contributed by atoms with Crippen molar-refractivity contribution in [3.63, 3.8) is 0 Å². The Bertz CT molecular complexity index is 612. The lowest BCUT2D eigenvalue weighted by molar-refractivity contribution is -0.387. The van der Waals surface area contributed by atoms with E-state index in [-0.39, 0.29) is 4.90 Å². The van der Waals surface area contributed by atoms with Crippen LogP contribution in [-0.2, 0) is 10.0 Å². The maximum absolute atomic E-state index is 12.2. The Morgan fingerprint density at radius 3 is 2.55 bits per heavy atom. The van der Waals surface area contributed by atoms with Gasteiger partial charge in [0.1, 0.15) is 0 Å².